The van der Waals surface area contributed by atoms with Gasteiger partial charge in [-0.15, -0.1) is 0 Å². The van der Waals surface area contributed by atoms with Crippen molar-refractivity contribution in [3.8, 4) is 0 Å². The topological polar surface area (TPSA) is 85.7 Å². The standard InChI is InChI=1S/C25H39N5O3S/c1-6-12-24(15-10-11-16-26-27-28(5)19-21(2)3)34(32,33)30-18-17-29(20-22(30)4)25(31)23-13-8-7-9-14-23/h7-10,12-15,21-22H,6,11,16-20H2,1-5H3/b15-10-,24-12+,27-26?. The molecular weight excluding hydrogens is 450 g/mol. The maximum Gasteiger partial charge on any atom is 0.253 e. The van der Waals surface area contributed by atoms with Crippen molar-refractivity contribution in [1.82, 2.24) is 14.2 Å². The lowest BCUT2D eigenvalue weighted by molar-refractivity contribution is 0.0643. The van der Waals surface area contributed by atoms with Gasteiger partial charge in [0.05, 0.1) is 11.4 Å². The Labute approximate surface area is 205 Å². The van der Waals surface area contributed by atoms with Gasteiger partial charge in [0.15, 0.2) is 0 Å². The van der Waals surface area contributed by atoms with Gasteiger partial charge >= 0.3 is 0 Å². The summed E-state index contributed by atoms with van der Waals surface area (Å²) in [5.41, 5.74) is 0.619. The predicted molar refractivity (Wildman–Crippen MR) is 137 cm³/mol. The number of sulfonamides is 1. The number of rotatable bonds is 11. The molecule has 1 fully saturated rings. The summed E-state index contributed by atoms with van der Waals surface area (Å²) >= 11 is 0. The first-order chi connectivity index (χ1) is 16.2. The van der Waals surface area contributed by atoms with Gasteiger partial charge in [0.25, 0.3) is 5.91 Å². The highest BCUT2D eigenvalue weighted by Crippen LogP contribution is 2.23. The molecule has 0 aromatic heterocycles. The molecular formula is C25H39N5O3S. The van der Waals surface area contributed by atoms with E-state index >= 15 is 0 Å². The highest BCUT2D eigenvalue weighted by Gasteiger charge is 2.35. The number of piperazine rings is 1. The fourth-order valence-corrected chi connectivity index (χ4v) is 5.67. The van der Waals surface area contributed by atoms with Gasteiger partial charge in [-0.3, -0.25) is 9.80 Å². The average Bonchev–Trinajstić information content (AvgIpc) is 2.79. The second-order valence-corrected chi connectivity index (χ2v) is 10.9. The van der Waals surface area contributed by atoms with Crippen LogP contribution in [0.2, 0.25) is 0 Å². The quantitative estimate of drug-likeness (QED) is 0.200. The van der Waals surface area contributed by atoms with Crippen molar-refractivity contribution in [2.45, 2.75) is 46.6 Å². The molecule has 2 rings (SSSR count). The van der Waals surface area contributed by atoms with Crippen LogP contribution < -0.4 is 0 Å². The molecule has 34 heavy (non-hydrogen) atoms. The Morgan fingerprint density at radius 3 is 2.56 bits per heavy atom. The van der Waals surface area contributed by atoms with E-state index in [1.54, 1.807) is 29.2 Å². The Kier molecular flexibility index (Phi) is 10.9. The Morgan fingerprint density at radius 2 is 1.94 bits per heavy atom. The molecule has 0 N–H and O–H groups in total. The lowest BCUT2D eigenvalue weighted by atomic mass is 10.1. The van der Waals surface area contributed by atoms with Crippen LogP contribution in [0.5, 0.6) is 0 Å². The molecule has 188 valence electrons. The molecule has 1 amide bonds. The maximum atomic E-state index is 13.4. The molecule has 0 radical (unpaired) electrons. The number of amides is 1. The van der Waals surface area contributed by atoms with E-state index in [1.807, 2.05) is 50.2 Å². The normalized spacial score (nSPS) is 18.4. The Hall–Kier alpha value is -2.52. The molecule has 1 aromatic carbocycles. The van der Waals surface area contributed by atoms with Crippen LogP contribution in [0.15, 0.2) is 63.8 Å². The molecule has 1 heterocycles. The van der Waals surface area contributed by atoms with Gasteiger partial charge in [0.1, 0.15) is 0 Å². The van der Waals surface area contributed by atoms with E-state index in [1.165, 1.54) is 4.31 Å². The summed E-state index contributed by atoms with van der Waals surface area (Å²) in [6.07, 6.45) is 6.45. The molecule has 1 aliphatic heterocycles. The largest absolute Gasteiger partial charge is 0.336 e. The Bertz CT molecular complexity index is 974. The van der Waals surface area contributed by atoms with Crippen molar-refractivity contribution in [3.05, 3.63) is 59.0 Å². The maximum absolute atomic E-state index is 13.4. The minimum absolute atomic E-state index is 0.0677. The summed E-state index contributed by atoms with van der Waals surface area (Å²) in [5.74, 6) is 0.443. The predicted octanol–water partition coefficient (Wildman–Crippen LogP) is 4.36. The SMILES string of the molecule is CC/C=C(\C=C/CCN=NN(C)CC(C)C)S(=O)(=O)N1CCN(C(=O)c2ccccc2)CC1C. The third-order valence-corrected chi connectivity index (χ3v) is 7.47. The average molecular weight is 490 g/mol. The number of nitrogens with zero attached hydrogens (tertiary/aromatic N) is 5. The summed E-state index contributed by atoms with van der Waals surface area (Å²) in [4.78, 5) is 14.8. The van der Waals surface area contributed by atoms with Crippen LogP contribution in [0.1, 0.15) is 50.9 Å². The van der Waals surface area contributed by atoms with E-state index < -0.39 is 10.0 Å². The molecule has 1 aromatic rings. The van der Waals surface area contributed by atoms with Crippen molar-refractivity contribution >= 4 is 15.9 Å². The molecule has 1 unspecified atom stereocenters. The zero-order valence-electron chi connectivity index (χ0n) is 21.1. The van der Waals surface area contributed by atoms with Crippen LogP contribution in [-0.2, 0) is 10.0 Å². The van der Waals surface area contributed by atoms with Gasteiger partial charge in [-0.05, 0) is 43.9 Å². The van der Waals surface area contributed by atoms with Crippen LogP contribution in [0, 0.1) is 5.92 Å². The number of hydrogen-bond acceptors (Lipinski definition) is 5. The van der Waals surface area contributed by atoms with Gasteiger partial charge in [-0.2, -0.15) is 9.42 Å². The van der Waals surface area contributed by atoms with Crippen molar-refractivity contribution < 1.29 is 13.2 Å². The number of allylic oxidation sites excluding steroid dienone is 2. The summed E-state index contributed by atoms with van der Waals surface area (Å²) in [7, 11) is -1.77. The third-order valence-electron chi connectivity index (χ3n) is 5.41. The molecule has 1 atom stereocenters. The zero-order chi connectivity index (χ0) is 25.1. The smallest absolute Gasteiger partial charge is 0.253 e. The highest BCUT2D eigenvalue weighted by molar-refractivity contribution is 7.93. The number of carbonyl (C=O) groups excluding carboxylic acids is 1. The van der Waals surface area contributed by atoms with E-state index in [9.17, 15) is 13.2 Å². The van der Waals surface area contributed by atoms with E-state index in [2.05, 4.69) is 24.2 Å². The van der Waals surface area contributed by atoms with E-state index in [-0.39, 0.29) is 18.5 Å². The van der Waals surface area contributed by atoms with Crippen LogP contribution in [0.4, 0.5) is 0 Å². The first-order valence-electron chi connectivity index (χ1n) is 12.0. The minimum Gasteiger partial charge on any atom is -0.336 e. The van der Waals surface area contributed by atoms with Crippen molar-refractivity contribution in [3.63, 3.8) is 0 Å². The molecule has 0 saturated carbocycles. The second-order valence-electron chi connectivity index (χ2n) is 8.98. The Balaban J connectivity index is 1.99. The van der Waals surface area contributed by atoms with Crippen molar-refractivity contribution in [2.24, 2.45) is 16.3 Å². The van der Waals surface area contributed by atoms with Gasteiger partial charge < -0.3 is 4.90 Å². The van der Waals surface area contributed by atoms with Crippen LogP contribution in [0.3, 0.4) is 0 Å². The molecule has 0 spiro atoms. The van der Waals surface area contributed by atoms with Gasteiger partial charge in [0.2, 0.25) is 10.0 Å². The summed E-state index contributed by atoms with van der Waals surface area (Å²) in [6, 6.07) is 8.78. The third kappa shape index (κ3) is 8.06. The number of carbonyl (C=O) groups is 1. The van der Waals surface area contributed by atoms with E-state index in [0.717, 1.165) is 6.54 Å². The second kappa shape index (κ2) is 13.4. The number of benzene rings is 1. The fourth-order valence-electron chi connectivity index (χ4n) is 3.89. The summed E-state index contributed by atoms with van der Waals surface area (Å²) in [5, 5.41) is 10.1. The summed E-state index contributed by atoms with van der Waals surface area (Å²) < 4.78 is 28.3. The van der Waals surface area contributed by atoms with Gasteiger partial charge in [-0.25, -0.2) is 8.42 Å². The molecule has 9 heteroatoms. The summed E-state index contributed by atoms with van der Waals surface area (Å²) in [6.45, 7) is 10.3. The van der Waals surface area contributed by atoms with Crippen molar-refractivity contribution in [2.75, 3.05) is 39.8 Å². The molecule has 1 saturated heterocycles. The fraction of sp³-hybridized carbons (Fsp3) is 0.560. The molecule has 0 aliphatic carbocycles. The number of hydrogen-bond donors (Lipinski definition) is 0. The lowest BCUT2D eigenvalue weighted by Gasteiger charge is -2.39. The minimum atomic E-state index is -3.66. The molecule has 8 nitrogen and oxygen atoms in total. The first-order valence-corrected chi connectivity index (χ1v) is 13.4. The first kappa shape index (κ1) is 27.7. The zero-order valence-corrected chi connectivity index (χ0v) is 21.9. The Morgan fingerprint density at radius 1 is 1.24 bits per heavy atom. The van der Waals surface area contributed by atoms with Crippen LogP contribution >= 0.6 is 0 Å². The highest BCUT2D eigenvalue weighted by atomic mass is 32.2. The lowest BCUT2D eigenvalue weighted by Crippen LogP contribution is -2.55. The molecule has 0 bridgehead atoms. The van der Waals surface area contributed by atoms with Crippen molar-refractivity contribution in [1.29, 1.82) is 0 Å². The van der Waals surface area contributed by atoms with Gasteiger partial charge in [-0.1, -0.05) is 56.3 Å². The van der Waals surface area contributed by atoms with Crippen LogP contribution in [0.25, 0.3) is 0 Å². The van der Waals surface area contributed by atoms with Crippen LogP contribution in [-0.4, -0.2) is 74.4 Å². The van der Waals surface area contributed by atoms with E-state index in [4.69, 9.17) is 0 Å². The molecule has 1 aliphatic rings. The van der Waals surface area contributed by atoms with E-state index in [0.29, 0.717) is 48.9 Å². The van der Waals surface area contributed by atoms with Gasteiger partial charge in [0, 0.05) is 44.8 Å². The monoisotopic (exact) mass is 489 g/mol.